The number of benzene rings is 5. The number of aryl methyl sites for hydroxylation is 3. The second-order valence-electron chi connectivity index (χ2n) is 12.0. The Morgan fingerprint density at radius 2 is 0.795 bits per heavy atom. The van der Waals surface area contributed by atoms with E-state index in [1.54, 1.807) is 24.3 Å². The maximum Gasteiger partial charge on any atom is 0.122 e. The van der Waals surface area contributed by atoms with Crippen LogP contribution in [-0.4, -0.2) is 25.5 Å². The van der Waals surface area contributed by atoms with Gasteiger partial charge in [0.05, 0.1) is 0 Å². The molecule has 0 aromatic heterocycles. The lowest BCUT2D eigenvalue weighted by atomic mass is 9.87. The molecule has 5 heteroatoms. The fourth-order valence-corrected chi connectivity index (χ4v) is 6.21. The van der Waals surface area contributed by atoms with E-state index in [-0.39, 0.29) is 28.7 Å². The zero-order valence-corrected chi connectivity index (χ0v) is 26.0. The van der Waals surface area contributed by atoms with Crippen LogP contribution in [0.1, 0.15) is 72.3 Å². The average molecular weight is 589 g/mol. The highest BCUT2D eigenvalue weighted by Gasteiger charge is 2.20. The Kier molecular flexibility index (Phi) is 8.59. The molecule has 226 valence electrons. The van der Waals surface area contributed by atoms with Gasteiger partial charge in [-0.15, -0.1) is 0 Å². The first-order chi connectivity index (χ1) is 20.9. The molecular weight excluding hydrogens is 548 g/mol. The number of hydrogen-bond donors (Lipinski definition) is 5. The lowest BCUT2D eigenvalue weighted by Crippen LogP contribution is -2.04. The minimum Gasteiger partial charge on any atom is -0.508 e. The van der Waals surface area contributed by atoms with Gasteiger partial charge in [0.2, 0.25) is 0 Å². The third-order valence-corrected chi connectivity index (χ3v) is 8.86. The minimum atomic E-state index is 0.193. The molecule has 0 saturated heterocycles. The van der Waals surface area contributed by atoms with Crippen LogP contribution in [0.2, 0.25) is 0 Å². The molecule has 5 nitrogen and oxygen atoms in total. The maximum atomic E-state index is 11.6. The van der Waals surface area contributed by atoms with Crippen molar-refractivity contribution in [3.8, 4) is 28.7 Å². The monoisotopic (exact) mass is 588 g/mol. The lowest BCUT2D eigenvalue weighted by molar-refractivity contribution is 0.458. The first-order valence-corrected chi connectivity index (χ1v) is 14.9. The van der Waals surface area contributed by atoms with Crippen molar-refractivity contribution < 1.29 is 25.5 Å². The van der Waals surface area contributed by atoms with Gasteiger partial charge in [-0.2, -0.15) is 0 Å². The highest BCUT2D eigenvalue weighted by Crippen LogP contribution is 2.37. The Hall–Kier alpha value is -4.90. The lowest BCUT2D eigenvalue weighted by Gasteiger charge is -2.19. The van der Waals surface area contributed by atoms with Crippen molar-refractivity contribution in [1.82, 2.24) is 0 Å². The Labute approximate surface area is 259 Å². The summed E-state index contributed by atoms with van der Waals surface area (Å²) in [7, 11) is 0. The molecule has 0 unspecified atom stereocenters. The summed E-state index contributed by atoms with van der Waals surface area (Å²) in [5.74, 6) is 1.07. The van der Waals surface area contributed by atoms with Gasteiger partial charge >= 0.3 is 0 Å². The standard InChI is InChI=1S/C39H40O5/c1-22-14-31(18-29-16-23(2)37(42)33(25(29)4)20-27-10-6-8-12-35(27)40)39(44)32(15-22)19-30-17-24(3)38(43)34(26(30)5)21-28-11-7-9-13-36(28)41/h6-17,40-44H,18-21H2,1-5H3. The molecule has 0 aliphatic heterocycles. The van der Waals surface area contributed by atoms with Gasteiger partial charge in [0.15, 0.2) is 0 Å². The molecule has 5 aromatic carbocycles. The summed E-state index contributed by atoms with van der Waals surface area (Å²) in [6.07, 6.45) is 1.75. The minimum absolute atomic E-state index is 0.193. The molecule has 0 heterocycles. The maximum absolute atomic E-state index is 11.6. The number of phenolic OH excluding ortho intramolecular Hbond substituents is 5. The van der Waals surface area contributed by atoms with E-state index in [0.717, 1.165) is 72.3 Å². The molecule has 5 rings (SSSR count). The topological polar surface area (TPSA) is 101 Å². The van der Waals surface area contributed by atoms with E-state index in [1.807, 2.05) is 83.1 Å². The summed E-state index contributed by atoms with van der Waals surface area (Å²) >= 11 is 0. The molecule has 0 atom stereocenters. The smallest absolute Gasteiger partial charge is 0.122 e. The molecular formula is C39H40O5. The Morgan fingerprint density at radius 1 is 0.409 bits per heavy atom. The zero-order chi connectivity index (χ0) is 31.7. The van der Waals surface area contributed by atoms with Gasteiger partial charge in [-0.25, -0.2) is 0 Å². The van der Waals surface area contributed by atoms with Crippen LogP contribution >= 0.6 is 0 Å². The molecule has 0 radical (unpaired) electrons. The third-order valence-electron chi connectivity index (χ3n) is 8.86. The fourth-order valence-electron chi connectivity index (χ4n) is 6.21. The van der Waals surface area contributed by atoms with Gasteiger partial charge in [0.25, 0.3) is 0 Å². The largest absolute Gasteiger partial charge is 0.508 e. The van der Waals surface area contributed by atoms with Gasteiger partial charge < -0.3 is 25.5 Å². The zero-order valence-electron chi connectivity index (χ0n) is 26.0. The van der Waals surface area contributed by atoms with Gasteiger partial charge in [0.1, 0.15) is 28.7 Å². The highest BCUT2D eigenvalue weighted by molar-refractivity contribution is 5.57. The fraction of sp³-hybridized carbons (Fsp3) is 0.231. The van der Waals surface area contributed by atoms with Crippen molar-refractivity contribution in [2.24, 2.45) is 0 Å². The van der Waals surface area contributed by atoms with Crippen LogP contribution in [0.3, 0.4) is 0 Å². The summed E-state index contributed by atoms with van der Waals surface area (Å²) in [6, 6.07) is 22.3. The van der Waals surface area contributed by atoms with Crippen LogP contribution < -0.4 is 0 Å². The van der Waals surface area contributed by atoms with Crippen LogP contribution in [0.15, 0.2) is 72.8 Å². The van der Waals surface area contributed by atoms with E-state index in [0.29, 0.717) is 25.7 Å². The second kappa shape index (κ2) is 12.4. The Morgan fingerprint density at radius 3 is 1.18 bits per heavy atom. The predicted octanol–water partition coefficient (Wildman–Crippen LogP) is 8.12. The first kappa shape index (κ1) is 30.6. The van der Waals surface area contributed by atoms with Crippen molar-refractivity contribution in [2.75, 3.05) is 0 Å². The molecule has 0 fully saturated rings. The van der Waals surface area contributed by atoms with Gasteiger partial charge in [0, 0.05) is 36.8 Å². The summed E-state index contributed by atoms with van der Waals surface area (Å²) in [5, 5.41) is 54.2. The molecule has 0 aliphatic carbocycles. The van der Waals surface area contributed by atoms with E-state index in [9.17, 15) is 25.5 Å². The summed E-state index contributed by atoms with van der Waals surface area (Å²) in [4.78, 5) is 0. The molecule has 5 aromatic rings. The van der Waals surface area contributed by atoms with Crippen molar-refractivity contribution in [3.05, 3.63) is 145 Å². The van der Waals surface area contributed by atoms with Crippen molar-refractivity contribution in [2.45, 2.75) is 60.3 Å². The second-order valence-corrected chi connectivity index (χ2v) is 12.0. The summed E-state index contributed by atoms with van der Waals surface area (Å²) in [5.41, 5.74) is 11.0. The van der Waals surface area contributed by atoms with Gasteiger partial charge in [-0.1, -0.05) is 66.2 Å². The third kappa shape index (κ3) is 6.09. The van der Waals surface area contributed by atoms with Crippen molar-refractivity contribution in [1.29, 1.82) is 0 Å². The quantitative estimate of drug-likeness (QED) is 0.126. The van der Waals surface area contributed by atoms with E-state index < -0.39 is 0 Å². The summed E-state index contributed by atoms with van der Waals surface area (Å²) in [6.45, 7) is 9.72. The molecule has 44 heavy (non-hydrogen) atoms. The van der Waals surface area contributed by atoms with Crippen LogP contribution in [0, 0.1) is 34.6 Å². The predicted molar refractivity (Wildman–Crippen MR) is 175 cm³/mol. The van der Waals surface area contributed by atoms with Crippen molar-refractivity contribution >= 4 is 0 Å². The number of para-hydroxylation sites is 2. The Bertz CT molecular complexity index is 1740. The van der Waals surface area contributed by atoms with Gasteiger partial charge in [-0.3, -0.25) is 0 Å². The van der Waals surface area contributed by atoms with Gasteiger partial charge in [-0.05, 0) is 102 Å². The Balaban J connectivity index is 1.50. The molecule has 0 aliphatic rings. The molecule has 0 amide bonds. The van der Waals surface area contributed by atoms with Crippen LogP contribution in [0.4, 0.5) is 0 Å². The van der Waals surface area contributed by atoms with Crippen LogP contribution in [-0.2, 0) is 25.7 Å². The SMILES string of the molecule is Cc1cc(Cc2cc(C)c(O)c(Cc3ccccc3O)c2C)c(O)c(Cc2cc(C)c(O)c(Cc3ccccc3O)c2C)c1. The van der Waals surface area contributed by atoms with E-state index in [4.69, 9.17) is 0 Å². The number of hydrogen-bond acceptors (Lipinski definition) is 5. The van der Waals surface area contributed by atoms with E-state index in [2.05, 4.69) is 0 Å². The first-order valence-electron chi connectivity index (χ1n) is 14.9. The molecule has 0 spiro atoms. The number of phenols is 5. The van der Waals surface area contributed by atoms with Crippen molar-refractivity contribution in [3.63, 3.8) is 0 Å². The van der Waals surface area contributed by atoms with E-state index in [1.165, 1.54) is 0 Å². The number of aromatic hydroxyl groups is 5. The average Bonchev–Trinajstić information content (AvgIpc) is 2.99. The van der Waals surface area contributed by atoms with E-state index >= 15 is 0 Å². The number of rotatable bonds is 8. The normalized spacial score (nSPS) is 11.2. The molecule has 0 bridgehead atoms. The molecule has 0 saturated carbocycles. The molecule has 5 N–H and O–H groups in total. The highest BCUT2D eigenvalue weighted by atomic mass is 16.3. The van der Waals surface area contributed by atoms with Crippen LogP contribution in [0.5, 0.6) is 28.7 Å². The van der Waals surface area contributed by atoms with Crippen LogP contribution in [0.25, 0.3) is 0 Å². The summed E-state index contributed by atoms with van der Waals surface area (Å²) < 4.78 is 0.